The highest BCUT2D eigenvalue weighted by Gasteiger charge is 2.50. The molecule has 5 heterocycles. The molecule has 222 valence electrons. The number of hydrogen-bond donors (Lipinski definition) is 0. The molecule has 1 aromatic heterocycles. The van der Waals surface area contributed by atoms with Crippen LogP contribution < -0.4 is 9.64 Å². The van der Waals surface area contributed by atoms with E-state index in [9.17, 15) is 18.0 Å². The van der Waals surface area contributed by atoms with Gasteiger partial charge in [-0.25, -0.2) is 17.6 Å². The second-order valence-electron chi connectivity index (χ2n) is 12.6. The fourth-order valence-corrected chi connectivity index (χ4v) is 8.31. The van der Waals surface area contributed by atoms with Gasteiger partial charge in [-0.2, -0.15) is 9.97 Å². The lowest BCUT2D eigenvalue weighted by Crippen LogP contribution is -2.57. The molecule has 12 heteroatoms. The highest BCUT2D eigenvalue weighted by molar-refractivity contribution is 9.10. The van der Waals surface area contributed by atoms with Gasteiger partial charge in [-0.15, -0.1) is 0 Å². The molecule has 4 aliphatic heterocycles. The smallest absolute Gasteiger partial charge is 0.319 e. The Morgan fingerprint density at radius 3 is 2.51 bits per heavy atom. The Bertz CT molecular complexity index is 1340. The summed E-state index contributed by atoms with van der Waals surface area (Å²) in [5.41, 5.74) is -0.244. The summed E-state index contributed by atoms with van der Waals surface area (Å²) in [6, 6.07) is 3.34. The lowest BCUT2D eigenvalue weighted by atomic mass is 9.85. The van der Waals surface area contributed by atoms with Gasteiger partial charge in [0.1, 0.15) is 24.1 Å². The average molecular weight is 641 g/mol. The number of nitrogens with zero attached hydrogens (tertiary/aromatic N) is 5. The van der Waals surface area contributed by atoms with Crippen LogP contribution in [0.2, 0.25) is 0 Å². The molecule has 1 aliphatic carbocycles. The average Bonchev–Trinajstić information content (AvgIpc) is 3.55. The maximum Gasteiger partial charge on any atom is 0.319 e. The summed E-state index contributed by atoms with van der Waals surface area (Å²) in [5, 5.41) is 0.553. The van der Waals surface area contributed by atoms with Crippen LogP contribution in [0.5, 0.6) is 6.01 Å². The van der Waals surface area contributed by atoms with Gasteiger partial charge in [-0.3, -0.25) is 9.69 Å². The van der Waals surface area contributed by atoms with Crippen molar-refractivity contribution < 1.29 is 27.1 Å². The zero-order valence-corrected chi connectivity index (χ0v) is 24.4. The topological polar surface area (TPSA) is 61.8 Å². The van der Waals surface area contributed by atoms with Gasteiger partial charge in [-0.1, -0.05) is 0 Å². The van der Waals surface area contributed by atoms with Crippen LogP contribution in [0.15, 0.2) is 16.6 Å². The lowest BCUT2D eigenvalue weighted by Gasteiger charge is -2.43. The molecular weight excluding hydrogens is 606 g/mol. The molecule has 7 rings (SSSR count). The van der Waals surface area contributed by atoms with Crippen molar-refractivity contribution >= 4 is 38.6 Å². The van der Waals surface area contributed by atoms with Crippen molar-refractivity contribution in [2.24, 2.45) is 5.92 Å². The first-order valence-electron chi connectivity index (χ1n) is 14.8. The number of anilines is 1. The van der Waals surface area contributed by atoms with Crippen molar-refractivity contribution in [3.05, 3.63) is 22.4 Å². The number of hydrogen-bond acceptors (Lipinski definition) is 6. The number of benzene rings is 1. The van der Waals surface area contributed by atoms with E-state index in [-0.39, 0.29) is 77.7 Å². The fraction of sp³-hybridized carbons (Fsp3) is 0.690. The molecule has 2 bridgehead atoms. The first kappa shape index (κ1) is 27.6. The van der Waals surface area contributed by atoms with Crippen molar-refractivity contribution in [2.45, 2.75) is 87.5 Å². The van der Waals surface area contributed by atoms with Crippen LogP contribution in [0.4, 0.5) is 23.4 Å². The number of carbonyl (C=O) groups excluding carboxylic acids is 1. The second-order valence-corrected chi connectivity index (χ2v) is 13.5. The molecule has 5 aliphatic rings. The van der Waals surface area contributed by atoms with Crippen molar-refractivity contribution in [1.29, 1.82) is 0 Å². The summed E-state index contributed by atoms with van der Waals surface area (Å²) >= 11 is 3.27. The van der Waals surface area contributed by atoms with Crippen molar-refractivity contribution in [2.75, 3.05) is 37.7 Å². The number of aromatic nitrogens is 2. The van der Waals surface area contributed by atoms with Gasteiger partial charge in [0.15, 0.2) is 5.82 Å². The molecule has 41 heavy (non-hydrogen) atoms. The third-order valence-electron chi connectivity index (χ3n) is 10.1. The minimum absolute atomic E-state index is 0.0118. The third-order valence-corrected chi connectivity index (χ3v) is 10.7. The molecule has 1 aromatic carbocycles. The number of rotatable bonds is 5. The van der Waals surface area contributed by atoms with Gasteiger partial charge < -0.3 is 14.5 Å². The standard InChI is InChI=1S/C29H34BrF4N5O2/c30-22-5-4-21-24(23(22)32)35-27(41-16-28-8-1-11-38(28)13-18(31)12-28)36-25(21)37-14-19-2-3-20(15-37)39(19)26(40)17-6-9-29(33,34)10-7-17/h4-5,17-20H,1-3,6-16H2/t18-,19?,20?,28+/m1/s1. The van der Waals surface area contributed by atoms with Gasteiger partial charge in [0.25, 0.3) is 0 Å². The highest BCUT2D eigenvalue weighted by atomic mass is 79.9. The van der Waals surface area contributed by atoms with E-state index in [1.165, 1.54) is 0 Å². The van der Waals surface area contributed by atoms with E-state index in [4.69, 9.17) is 9.72 Å². The largest absolute Gasteiger partial charge is 0.461 e. The molecule has 0 radical (unpaired) electrons. The Morgan fingerprint density at radius 2 is 1.78 bits per heavy atom. The van der Waals surface area contributed by atoms with Crippen molar-refractivity contribution in [3.63, 3.8) is 0 Å². The van der Waals surface area contributed by atoms with E-state index < -0.39 is 17.9 Å². The van der Waals surface area contributed by atoms with E-state index >= 15 is 4.39 Å². The fourth-order valence-electron chi connectivity index (χ4n) is 7.99. The molecule has 0 N–H and O–H groups in total. The minimum Gasteiger partial charge on any atom is -0.461 e. The predicted molar refractivity (Wildman–Crippen MR) is 149 cm³/mol. The SMILES string of the molecule is O=C(C1CCC(F)(F)CC1)N1C2CCC1CN(c1nc(OC[C@@]34CCCN3C[C@H](F)C4)nc3c(F)c(Br)ccc13)C2. The Kier molecular flexibility index (Phi) is 6.87. The number of carbonyl (C=O) groups is 1. The summed E-state index contributed by atoms with van der Waals surface area (Å²) in [6.07, 6.45) is 2.96. The van der Waals surface area contributed by atoms with E-state index in [0.717, 1.165) is 32.2 Å². The van der Waals surface area contributed by atoms with Crippen LogP contribution in [0, 0.1) is 11.7 Å². The second kappa shape index (κ2) is 10.2. The number of ether oxygens (including phenoxy) is 1. The lowest BCUT2D eigenvalue weighted by molar-refractivity contribution is -0.143. The molecule has 2 unspecified atom stereocenters. The summed E-state index contributed by atoms with van der Waals surface area (Å²) in [5.74, 6) is -3.00. The van der Waals surface area contributed by atoms with Crippen LogP contribution >= 0.6 is 15.9 Å². The van der Waals surface area contributed by atoms with E-state index in [0.29, 0.717) is 37.3 Å². The maximum atomic E-state index is 15.4. The normalized spacial score (nSPS) is 31.7. The molecule has 4 saturated heterocycles. The van der Waals surface area contributed by atoms with Gasteiger partial charge in [-0.05, 0) is 73.1 Å². The molecule has 1 saturated carbocycles. The van der Waals surface area contributed by atoms with Crippen LogP contribution in [0.1, 0.15) is 57.8 Å². The van der Waals surface area contributed by atoms with E-state index in [1.54, 1.807) is 12.1 Å². The molecule has 4 atom stereocenters. The third kappa shape index (κ3) is 4.86. The van der Waals surface area contributed by atoms with Crippen LogP contribution in [-0.4, -0.2) is 88.2 Å². The van der Waals surface area contributed by atoms with Gasteiger partial charge in [0, 0.05) is 62.3 Å². The molecule has 7 nitrogen and oxygen atoms in total. The molecule has 0 spiro atoms. The Labute approximate surface area is 244 Å². The predicted octanol–water partition coefficient (Wildman–Crippen LogP) is 5.49. The summed E-state index contributed by atoms with van der Waals surface area (Å²) in [7, 11) is 0. The van der Waals surface area contributed by atoms with Crippen LogP contribution in [-0.2, 0) is 4.79 Å². The molecular formula is C29H34BrF4N5O2. The first-order chi connectivity index (χ1) is 19.6. The number of halogens is 5. The molecule has 5 fully saturated rings. The van der Waals surface area contributed by atoms with E-state index in [1.807, 2.05) is 4.90 Å². The Hall–Kier alpha value is -2.21. The maximum absolute atomic E-state index is 15.4. The summed E-state index contributed by atoms with van der Waals surface area (Å²) < 4.78 is 63.5. The highest BCUT2D eigenvalue weighted by Crippen LogP contribution is 2.43. The molecule has 2 aromatic rings. The minimum atomic E-state index is -2.67. The van der Waals surface area contributed by atoms with Gasteiger partial charge in [0.2, 0.25) is 11.8 Å². The summed E-state index contributed by atoms with van der Waals surface area (Å²) in [6.45, 7) is 2.50. The number of amides is 1. The van der Waals surface area contributed by atoms with E-state index in [2.05, 4.69) is 30.7 Å². The van der Waals surface area contributed by atoms with Gasteiger partial charge in [0.05, 0.1) is 10.0 Å². The zero-order chi connectivity index (χ0) is 28.5. The Balaban J connectivity index is 1.15. The number of piperazine rings is 1. The van der Waals surface area contributed by atoms with Crippen LogP contribution in [0.3, 0.4) is 0 Å². The number of alkyl halides is 3. The first-order valence-corrected chi connectivity index (χ1v) is 15.5. The zero-order valence-electron chi connectivity index (χ0n) is 22.8. The van der Waals surface area contributed by atoms with Crippen molar-refractivity contribution in [1.82, 2.24) is 19.8 Å². The summed E-state index contributed by atoms with van der Waals surface area (Å²) in [4.78, 5) is 28.9. The molecule has 1 amide bonds. The van der Waals surface area contributed by atoms with Gasteiger partial charge >= 0.3 is 6.01 Å². The number of fused-ring (bicyclic) bond motifs is 4. The monoisotopic (exact) mass is 639 g/mol. The quantitative estimate of drug-likeness (QED) is 0.403. The van der Waals surface area contributed by atoms with Crippen LogP contribution in [0.25, 0.3) is 10.9 Å². The Morgan fingerprint density at radius 1 is 1.05 bits per heavy atom. The van der Waals surface area contributed by atoms with Crippen molar-refractivity contribution in [3.8, 4) is 6.01 Å².